The zero-order valence-corrected chi connectivity index (χ0v) is 15.9. The molecule has 1 saturated carbocycles. The minimum absolute atomic E-state index is 0.0802. The molecule has 27 heavy (non-hydrogen) atoms. The van der Waals surface area contributed by atoms with Crippen LogP contribution in [0.4, 0.5) is 11.4 Å². The Labute approximate surface area is 159 Å². The van der Waals surface area contributed by atoms with Gasteiger partial charge in [0.15, 0.2) is 0 Å². The third-order valence-electron chi connectivity index (χ3n) is 5.42. The molecular weight excluding hydrogens is 346 g/mol. The van der Waals surface area contributed by atoms with Crippen molar-refractivity contribution in [1.82, 2.24) is 4.90 Å². The number of anilines is 2. The van der Waals surface area contributed by atoms with E-state index in [2.05, 4.69) is 10.6 Å². The van der Waals surface area contributed by atoms with Crippen LogP contribution in [0.1, 0.15) is 39.0 Å². The summed E-state index contributed by atoms with van der Waals surface area (Å²) in [6.45, 7) is 2.16. The van der Waals surface area contributed by atoms with Crippen molar-refractivity contribution in [2.75, 3.05) is 24.3 Å². The highest BCUT2D eigenvalue weighted by Crippen LogP contribution is 2.30. The van der Waals surface area contributed by atoms with Gasteiger partial charge in [-0.05, 0) is 38.0 Å². The Morgan fingerprint density at radius 2 is 1.85 bits per heavy atom. The van der Waals surface area contributed by atoms with Crippen LogP contribution in [0.3, 0.4) is 0 Å². The molecule has 1 aromatic rings. The predicted octanol–water partition coefficient (Wildman–Crippen LogP) is 2.39. The summed E-state index contributed by atoms with van der Waals surface area (Å²) < 4.78 is 4.99. The van der Waals surface area contributed by atoms with Crippen LogP contribution in [0, 0.1) is 5.92 Å². The van der Waals surface area contributed by atoms with Crippen molar-refractivity contribution in [2.24, 2.45) is 5.92 Å². The molecule has 0 radical (unpaired) electrons. The molecule has 0 aromatic heterocycles. The van der Waals surface area contributed by atoms with Gasteiger partial charge < -0.3 is 20.3 Å². The van der Waals surface area contributed by atoms with E-state index in [0.717, 1.165) is 25.7 Å². The number of amides is 3. The summed E-state index contributed by atoms with van der Waals surface area (Å²) in [4.78, 5) is 38.7. The monoisotopic (exact) mass is 373 g/mol. The lowest BCUT2D eigenvalue weighted by atomic mass is 10.1. The van der Waals surface area contributed by atoms with Crippen LogP contribution in [-0.2, 0) is 19.1 Å². The molecule has 0 bridgehead atoms. The fourth-order valence-electron chi connectivity index (χ4n) is 3.75. The van der Waals surface area contributed by atoms with Gasteiger partial charge in [0.2, 0.25) is 11.8 Å². The van der Waals surface area contributed by atoms with Crippen molar-refractivity contribution in [2.45, 2.75) is 51.2 Å². The highest BCUT2D eigenvalue weighted by molar-refractivity contribution is 5.98. The molecule has 2 atom stereocenters. The number of hydrogen-bond acceptors (Lipinski definition) is 4. The van der Waals surface area contributed by atoms with E-state index in [1.165, 1.54) is 7.11 Å². The molecular formula is C20H27N3O4. The predicted molar refractivity (Wildman–Crippen MR) is 102 cm³/mol. The van der Waals surface area contributed by atoms with Gasteiger partial charge in [-0.25, -0.2) is 0 Å². The first-order valence-corrected chi connectivity index (χ1v) is 9.52. The van der Waals surface area contributed by atoms with Crippen molar-refractivity contribution in [3.8, 4) is 0 Å². The van der Waals surface area contributed by atoms with Crippen LogP contribution in [0.2, 0.25) is 0 Å². The van der Waals surface area contributed by atoms with Crippen LogP contribution < -0.4 is 10.6 Å². The fraction of sp³-hybridized carbons (Fsp3) is 0.550. The summed E-state index contributed by atoms with van der Waals surface area (Å²) in [5.41, 5.74) is 1.17. The van der Waals surface area contributed by atoms with E-state index in [9.17, 15) is 14.4 Å². The molecule has 3 amide bonds. The number of rotatable bonds is 6. The Kier molecular flexibility index (Phi) is 6.11. The third kappa shape index (κ3) is 4.66. The number of hydrogen-bond donors (Lipinski definition) is 2. The van der Waals surface area contributed by atoms with Crippen LogP contribution in [-0.4, -0.2) is 48.4 Å². The van der Waals surface area contributed by atoms with Crippen molar-refractivity contribution >= 4 is 29.1 Å². The average Bonchev–Trinajstić information content (AvgIpc) is 3.30. The molecule has 2 N–H and O–H groups in total. The topological polar surface area (TPSA) is 87.7 Å². The van der Waals surface area contributed by atoms with Crippen LogP contribution in [0.5, 0.6) is 0 Å². The lowest BCUT2D eigenvalue weighted by Crippen LogP contribution is -2.35. The maximum Gasteiger partial charge on any atom is 0.253 e. The van der Waals surface area contributed by atoms with Gasteiger partial charge in [0.1, 0.15) is 6.10 Å². The Hall–Kier alpha value is -2.41. The van der Waals surface area contributed by atoms with Crippen molar-refractivity contribution in [3.63, 3.8) is 0 Å². The number of nitrogens with zero attached hydrogens (tertiary/aromatic N) is 1. The van der Waals surface area contributed by atoms with Gasteiger partial charge in [0.05, 0.1) is 5.92 Å². The van der Waals surface area contributed by atoms with Gasteiger partial charge in [-0.2, -0.15) is 0 Å². The molecule has 2 aliphatic rings. The first-order valence-electron chi connectivity index (χ1n) is 9.52. The molecule has 2 fully saturated rings. The Bertz CT molecular complexity index is 715. The van der Waals surface area contributed by atoms with Crippen LogP contribution in [0.15, 0.2) is 24.3 Å². The highest BCUT2D eigenvalue weighted by Gasteiger charge is 2.38. The Balaban J connectivity index is 1.58. The second-order valence-corrected chi connectivity index (χ2v) is 7.32. The average molecular weight is 373 g/mol. The highest BCUT2D eigenvalue weighted by atomic mass is 16.5. The molecule has 0 spiro atoms. The van der Waals surface area contributed by atoms with E-state index in [1.807, 2.05) is 4.90 Å². The van der Waals surface area contributed by atoms with Gasteiger partial charge >= 0.3 is 0 Å². The lowest BCUT2D eigenvalue weighted by Gasteiger charge is -2.23. The molecule has 7 heteroatoms. The van der Waals surface area contributed by atoms with E-state index in [1.54, 1.807) is 31.2 Å². The van der Waals surface area contributed by atoms with Crippen molar-refractivity contribution in [3.05, 3.63) is 24.3 Å². The second-order valence-electron chi connectivity index (χ2n) is 7.32. The zero-order chi connectivity index (χ0) is 19.4. The number of methoxy groups -OCH3 is 1. The summed E-state index contributed by atoms with van der Waals surface area (Å²) in [5, 5.41) is 5.62. The van der Waals surface area contributed by atoms with Gasteiger partial charge in [0, 0.05) is 37.5 Å². The van der Waals surface area contributed by atoms with Gasteiger partial charge in [-0.1, -0.05) is 18.9 Å². The fourth-order valence-corrected chi connectivity index (χ4v) is 3.75. The number of carbonyl (C=O) groups excluding carboxylic acids is 3. The van der Waals surface area contributed by atoms with E-state index in [4.69, 9.17) is 4.74 Å². The van der Waals surface area contributed by atoms with Crippen LogP contribution in [0.25, 0.3) is 0 Å². The standard InChI is InChI=1S/C20H27N3O4/c1-13(27-2)19(25)21-15-6-5-7-16(11-15)22-20(26)14-10-18(24)23(12-14)17-8-3-4-9-17/h5-7,11,13-14,17H,3-4,8-10,12H2,1-2H3,(H,21,25)(H,22,26)/t13-,14-/m1/s1. The Morgan fingerprint density at radius 1 is 1.19 bits per heavy atom. The summed E-state index contributed by atoms with van der Waals surface area (Å²) in [7, 11) is 1.47. The third-order valence-corrected chi connectivity index (χ3v) is 5.42. The smallest absolute Gasteiger partial charge is 0.253 e. The number of ether oxygens (including phenoxy) is 1. The van der Waals surface area contributed by atoms with Gasteiger partial charge in [-0.3, -0.25) is 14.4 Å². The summed E-state index contributed by atoms with van der Waals surface area (Å²) in [5.74, 6) is -0.659. The summed E-state index contributed by atoms with van der Waals surface area (Å²) in [6.07, 6.45) is 4.11. The van der Waals surface area contributed by atoms with E-state index in [0.29, 0.717) is 24.0 Å². The van der Waals surface area contributed by atoms with Crippen molar-refractivity contribution in [1.29, 1.82) is 0 Å². The summed E-state index contributed by atoms with van der Waals surface area (Å²) in [6, 6.07) is 7.27. The van der Waals surface area contributed by atoms with E-state index in [-0.39, 0.29) is 30.1 Å². The molecule has 0 unspecified atom stereocenters. The van der Waals surface area contributed by atoms with Crippen LogP contribution >= 0.6 is 0 Å². The first kappa shape index (κ1) is 19.4. The molecule has 1 saturated heterocycles. The zero-order valence-electron chi connectivity index (χ0n) is 15.9. The van der Waals surface area contributed by atoms with Gasteiger partial charge in [0.25, 0.3) is 5.91 Å². The SMILES string of the molecule is CO[C@H](C)C(=O)Nc1cccc(NC(=O)[C@@H]2CC(=O)N(C3CCCC3)C2)c1. The largest absolute Gasteiger partial charge is 0.372 e. The molecule has 3 rings (SSSR count). The number of likely N-dealkylation sites (tertiary alicyclic amines) is 1. The normalized spacial score (nSPS) is 21.3. The molecule has 7 nitrogen and oxygen atoms in total. The number of carbonyl (C=O) groups is 3. The molecule has 1 heterocycles. The maximum atomic E-state index is 12.6. The first-order chi connectivity index (χ1) is 13.0. The second kappa shape index (κ2) is 8.52. The van der Waals surface area contributed by atoms with E-state index >= 15 is 0 Å². The van der Waals surface area contributed by atoms with Gasteiger partial charge in [-0.15, -0.1) is 0 Å². The summed E-state index contributed by atoms with van der Waals surface area (Å²) >= 11 is 0. The quantitative estimate of drug-likeness (QED) is 0.801. The minimum atomic E-state index is -0.561. The number of nitrogens with one attached hydrogen (secondary N) is 2. The van der Waals surface area contributed by atoms with Crippen molar-refractivity contribution < 1.29 is 19.1 Å². The maximum absolute atomic E-state index is 12.6. The minimum Gasteiger partial charge on any atom is -0.372 e. The Morgan fingerprint density at radius 3 is 2.52 bits per heavy atom. The van der Waals surface area contributed by atoms with E-state index < -0.39 is 6.10 Å². The number of benzene rings is 1. The molecule has 146 valence electrons. The molecule has 1 aliphatic heterocycles. The molecule has 1 aliphatic carbocycles. The molecule has 1 aromatic carbocycles. The lowest BCUT2D eigenvalue weighted by molar-refractivity contribution is -0.130.